The van der Waals surface area contributed by atoms with Gasteiger partial charge in [0.15, 0.2) is 0 Å². The molecule has 0 saturated heterocycles. The lowest BCUT2D eigenvalue weighted by Crippen LogP contribution is -2.41. The molecule has 38 heavy (non-hydrogen) atoms. The number of aryl methyl sites for hydroxylation is 1. The number of amides is 2. The molecule has 2 heterocycles. The Balaban J connectivity index is 1.34. The third-order valence-electron chi connectivity index (χ3n) is 6.13. The minimum absolute atomic E-state index is 0.117. The van der Waals surface area contributed by atoms with Crippen molar-refractivity contribution in [3.8, 4) is 0 Å². The maximum Gasteiger partial charge on any atom is 0.332 e. The Kier molecular flexibility index (Phi) is 8.85. The molecule has 0 spiro atoms. The Morgan fingerprint density at radius 1 is 0.947 bits per heavy atom. The Bertz CT molecular complexity index is 1560. The van der Waals surface area contributed by atoms with Crippen LogP contribution in [0.5, 0.6) is 0 Å². The van der Waals surface area contributed by atoms with E-state index in [0.717, 1.165) is 11.1 Å². The zero-order chi connectivity index (χ0) is 27.1. The number of aromatic nitrogens is 2. The molecule has 2 aromatic heterocycles. The second kappa shape index (κ2) is 12.5. The third kappa shape index (κ3) is 6.83. The Morgan fingerprint density at radius 3 is 2.50 bits per heavy atom. The summed E-state index contributed by atoms with van der Waals surface area (Å²) in [5.41, 5.74) is 1.99. The number of fused-ring (bicyclic) bond motifs is 1. The van der Waals surface area contributed by atoms with Crippen LogP contribution in [0.25, 0.3) is 10.2 Å². The fourth-order valence-corrected chi connectivity index (χ4v) is 5.02. The molecule has 0 saturated carbocycles. The molecular weight excluding hydrogens is 507 g/mol. The maximum atomic E-state index is 13.2. The molecule has 4 rings (SSSR count). The van der Waals surface area contributed by atoms with Gasteiger partial charge in [0.1, 0.15) is 17.1 Å². The number of carbonyl (C=O) groups excluding carboxylic acids is 2. The lowest BCUT2D eigenvalue weighted by molar-refractivity contribution is -0.121. The first-order valence-electron chi connectivity index (χ1n) is 12.4. The summed E-state index contributed by atoms with van der Waals surface area (Å²) >= 11 is 1.24. The van der Waals surface area contributed by atoms with E-state index in [1.54, 1.807) is 29.6 Å². The first-order chi connectivity index (χ1) is 18.3. The monoisotopic (exact) mass is 536 g/mol. The number of rotatable bonds is 11. The van der Waals surface area contributed by atoms with Gasteiger partial charge in [-0.1, -0.05) is 30.7 Å². The van der Waals surface area contributed by atoms with E-state index in [2.05, 4.69) is 10.6 Å². The van der Waals surface area contributed by atoms with E-state index in [9.17, 15) is 23.6 Å². The zero-order valence-corrected chi connectivity index (χ0v) is 21.9. The number of carbonyl (C=O) groups is 2. The molecule has 0 aliphatic heterocycles. The molecule has 10 heteroatoms. The molecule has 2 amide bonds. The minimum Gasteiger partial charge on any atom is -0.352 e. The summed E-state index contributed by atoms with van der Waals surface area (Å²) in [6.07, 6.45) is 2.08. The number of hydrogen-bond acceptors (Lipinski definition) is 5. The van der Waals surface area contributed by atoms with Crippen molar-refractivity contribution >= 4 is 39.1 Å². The van der Waals surface area contributed by atoms with Gasteiger partial charge in [0, 0.05) is 25.2 Å². The molecule has 0 fully saturated rings. The van der Waals surface area contributed by atoms with E-state index in [0.29, 0.717) is 48.1 Å². The third-order valence-corrected chi connectivity index (χ3v) is 7.02. The molecule has 4 aromatic rings. The van der Waals surface area contributed by atoms with Crippen LogP contribution in [0.1, 0.15) is 36.8 Å². The van der Waals surface area contributed by atoms with E-state index < -0.39 is 5.69 Å². The second-order valence-electron chi connectivity index (χ2n) is 9.09. The number of benzene rings is 2. The van der Waals surface area contributed by atoms with E-state index >= 15 is 0 Å². The van der Waals surface area contributed by atoms with Crippen LogP contribution in [0.15, 0.2) is 69.6 Å². The molecule has 0 radical (unpaired) electrons. The summed E-state index contributed by atoms with van der Waals surface area (Å²) < 4.78 is 15.9. The van der Waals surface area contributed by atoms with Gasteiger partial charge >= 0.3 is 5.69 Å². The number of hydrogen-bond donors (Lipinski definition) is 2. The highest BCUT2D eigenvalue weighted by atomic mass is 32.1. The summed E-state index contributed by atoms with van der Waals surface area (Å²) in [4.78, 5) is 51.0. The van der Waals surface area contributed by atoms with Crippen molar-refractivity contribution in [2.75, 3.05) is 5.32 Å². The Labute approximate surface area is 222 Å². The summed E-state index contributed by atoms with van der Waals surface area (Å²) in [6, 6.07) is 15.0. The number of nitrogens with one attached hydrogen (secondary N) is 2. The average molecular weight is 537 g/mol. The summed E-state index contributed by atoms with van der Waals surface area (Å²) in [6.45, 7) is 2.23. The fraction of sp³-hybridized carbons (Fsp3) is 0.286. The van der Waals surface area contributed by atoms with Crippen LogP contribution < -0.4 is 21.9 Å². The SMILES string of the molecule is Cc1cccc(NC(=O)Cn2c(=O)n(CCCCCC(=O)NCc3ccc(F)cc3)c(=O)c3sccc32)c1. The minimum atomic E-state index is -0.530. The van der Waals surface area contributed by atoms with Crippen LogP contribution in [-0.4, -0.2) is 20.9 Å². The van der Waals surface area contributed by atoms with E-state index in [1.807, 2.05) is 25.1 Å². The summed E-state index contributed by atoms with van der Waals surface area (Å²) in [5, 5.41) is 7.34. The normalized spacial score (nSPS) is 11.0. The quantitative estimate of drug-likeness (QED) is 0.281. The van der Waals surface area contributed by atoms with E-state index in [1.165, 1.54) is 32.6 Å². The molecule has 8 nitrogen and oxygen atoms in total. The van der Waals surface area contributed by atoms with Crippen molar-refractivity contribution in [3.05, 3.63) is 97.8 Å². The molecule has 2 N–H and O–H groups in total. The van der Waals surface area contributed by atoms with Gasteiger partial charge in [-0.05, 0) is 66.6 Å². The largest absolute Gasteiger partial charge is 0.352 e. The number of anilines is 1. The highest BCUT2D eigenvalue weighted by Gasteiger charge is 2.16. The van der Waals surface area contributed by atoms with Crippen molar-refractivity contribution in [2.45, 2.75) is 52.2 Å². The van der Waals surface area contributed by atoms with Crippen LogP contribution >= 0.6 is 11.3 Å². The average Bonchev–Trinajstić information content (AvgIpc) is 3.38. The van der Waals surface area contributed by atoms with Crippen molar-refractivity contribution in [2.24, 2.45) is 0 Å². The van der Waals surface area contributed by atoms with Crippen LogP contribution in [0, 0.1) is 12.7 Å². The number of halogens is 1. The van der Waals surface area contributed by atoms with Crippen LogP contribution in [0.4, 0.5) is 10.1 Å². The molecule has 198 valence electrons. The topological polar surface area (TPSA) is 102 Å². The standard InChI is InChI=1S/C28H29FN4O4S/c1-19-6-5-7-22(16-19)31-25(35)18-33-23-13-15-38-26(23)27(36)32(28(33)37)14-4-2-3-8-24(34)30-17-20-9-11-21(29)12-10-20/h5-7,9-13,15-16H,2-4,8,14,17-18H2,1H3,(H,30,34)(H,31,35). The van der Waals surface area contributed by atoms with Crippen molar-refractivity contribution < 1.29 is 14.0 Å². The maximum absolute atomic E-state index is 13.2. The molecule has 0 atom stereocenters. The number of thiophene rings is 1. The van der Waals surface area contributed by atoms with Crippen LogP contribution in [0.2, 0.25) is 0 Å². The van der Waals surface area contributed by atoms with Gasteiger partial charge in [-0.2, -0.15) is 0 Å². The molecule has 0 aliphatic carbocycles. The van der Waals surface area contributed by atoms with Crippen LogP contribution in [-0.2, 0) is 29.2 Å². The highest BCUT2D eigenvalue weighted by Crippen LogP contribution is 2.16. The highest BCUT2D eigenvalue weighted by molar-refractivity contribution is 7.17. The van der Waals surface area contributed by atoms with Crippen molar-refractivity contribution in [1.29, 1.82) is 0 Å². The molecule has 0 aliphatic rings. The lowest BCUT2D eigenvalue weighted by atomic mass is 10.1. The van der Waals surface area contributed by atoms with Gasteiger partial charge in [0.25, 0.3) is 5.56 Å². The molecule has 0 bridgehead atoms. The van der Waals surface area contributed by atoms with Gasteiger partial charge in [0.05, 0.1) is 5.52 Å². The Morgan fingerprint density at radius 2 is 1.74 bits per heavy atom. The molecule has 2 aromatic carbocycles. The van der Waals surface area contributed by atoms with Crippen molar-refractivity contribution in [1.82, 2.24) is 14.5 Å². The summed E-state index contributed by atoms with van der Waals surface area (Å²) in [7, 11) is 0. The van der Waals surface area contributed by atoms with Gasteiger partial charge in [-0.25, -0.2) is 9.18 Å². The number of unbranched alkanes of at least 4 members (excludes halogenated alkanes) is 2. The van der Waals surface area contributed by atoms with Gasteiger partial charge < -0.3 is 10.6 Å². The smallest absolute Gasteiger partial charge is 0.332 e. The predicted molar refractivity (Wildman–Crippen MR) is 147 cm³/mol. The fourth-order valence-electron chi connectivity index (χ4n) is 4.17. The van der Waals surface area contributed by atoms with Gasteiger partial charge in [-0.15, -0.1) is 11.3 Å². The first-order valence-corrected chi connectivity index (χ1v) is 13.3. The van der Waals surface area contributed by atoms with E-state index in [4.69, 9.17) is 0 Å². The Hall–Kier alpha value is -4.05. The van der Waals surface area contributed by atoms with Gasteiger partial charge in [0.2, 0.25) is 11.8 Å². The predicted octanol–water partition coefficient (Wildman–Crippen LogP) is 4.19. The zero-order valence-electron chi connectivity index (χ0n) is 21.0. The summed E-state index contributed by atoms with van der Waals surface area (Å²) in [5.74, 6) is -0.801. The van der Waals surface area contributed by atoms with Crippen molar-refractivity contribution in [3.63, 3.8) is 0 Å². The van der Waals surface area contributed by atoms with Crippen LogP contribution in [0.3, 0.4) is 0 Å². The number of nitrogens with zero attached hydrogens (tertiary/aromatic N) is 2. The second-order valence-corrected chi connectivity index (χ2v) is 10.0. The molecule has 0 unspecified atom stereocenters. The molecular formula is C28H29FN4O4S. The van der Waals surface area contributed by atoms with Gasteiger partial charge in [-0.3, -0.25) is 23.5 Å². The first kappa shape index (κ1) is 27.0. The van der Waals surface area contributed by atoms with E-state index in [-0.39, 0.29) is 36.3 Å². The lowest BCUT2D eigenvalue weighted by Gasteiger charge is -2.13.